The molecule has 0 aliphatic rings. The number of hydrogen-bond acceptors (Lipinski definition) is 6. The largest absolute Gasteiger partial charge is 0.382 e. The second-order valence-corrected chi connectivity index (χ2v) is 4.64. The Kier molecular flexibility index (Phi) is 2.18. The van der Waals surface area contributed by atoms with Gasteiger partial charge in [-0.3, -0.25) is 0 Å². The van der Waals surface area contributed by atoms with Gasteiger partial charge < -0.3 is 11.5 Å². The first-order chi connectivity index (χ1) is 8.70. The zero-order valence-electron chi connectivity index (χ0n) is 9.16. The molecule has 3 aromatic rings. The molecule has 0 aliphatic carbocycles. The van der Waals surface area contributed by atoms with Crippen molar-refractivity contribution in [3.63, 3.8) is 0 Å². The first kappa shape index (κ1) is 10.6. The minimum atomic E-state index is 0.120. The van der Waals surface area contributed by atoms with Crippen LogP contribution in [0.1, 0.15) is 5.56 Å². The standard InChI is InChI=1S/C11H8N6S/c12-5-6-9(13)16-17(10(6)14)11-15-7-3-1-2-4-8(7)18-11/h1-4H,14H2,(H2,13,16). The summed E-state index contributed by atoms with van der Waals surface area (Å²) in [6.45, 7) is 0. The molecule has 2 aromatic heterocycles. The van der Waals surface area contributed by atoms with E-state index in [0.29, 0.717) is 5.13 Å². The lowest BCUT2D eigenvalue weighted by Gasteiger charge is -1.96. The van der Waals surface area contributed by atoms with E-state index in [1.165, 1.54) is 16.0 Å². The first-order valence-electron chi connectivity index (χ1n) is 5.10. The summed E-state index contributed by atoms with van der Waals surface area (Å²) in [5.74, 6) is 0.336. The lowest BCUT2D eigenvalue weighted by molar-refractivity contribution is 0.889. The number of aromatic nitrogens is 3. The maximum absolute atomic E-state index is 8.92. The van der Waals surface area contributed by atoms with Crippen LogP contribution in [0.2, 0.25) is 0 Å². The van der Waals surface area contributed by atoms with E-state index in [0.717, 1.165) is 10.2 Å². The summed E-state index contributed by atoms with van der Waals surface area (Å²) < 4.78 is 2.43. The Balaban J connectivity index is 2.24. The van der Waals surface area contributed by atoms with Crippen molar-refractivity contribution in [2.45, 2.75) is 0 Å². The molecule has 1 aromatic carbocycles. The van der Waals surface area contributed by atoms with Crippen LogP contribution in [0.4, 0.5) is 11.6 Å². The monoisotopic (exact) mass is 256 g/mol. The molecule has 0 saturated carbocycles. The Morgan fingerprint density at radius 2 is 2.06 bits per heavy atom. The van der Waals surface area contributed by atoms with Crippen LogP contribution in [0.5, 0.6) is 0 Å². The molecule has 0 bridgehead atoms. The molecule has 0 amide bonds. The van der Waals surface area contributed by atoms with Gasteiger partial charge in [-0.2, -0.15) is 9.94 Å². The molecule has 0 atom stereocenters. The third-order valence-corrected chi connectivity index (χ3v) is 3.54. The molecule has 0 saturated heterocycles. The average Bonchev–Trinajstić information content (AvgIpc) is 2.90. The van der Waals surface area contributed by atoms with Crippen LogP contribution in [0, 0.1) is 11.3 Å². The quantitative estimate of drug-likeness (QED) is 0.686. The highest BCUT2D eigenvalue weighted by atomic mass is 32.1. The van der Waals surface area contributed by atoms with Crippen molar-refractivity contribution in [1.82, 2.24) is 14.8 Å². The van der Waals surface area contributed by atoms with Crippen LogP contribution in [-0.2, 0) is 0 Å². The molecule has 2 heterocycles. The molecule has 0 radical (unpaired) electrons. The molecule has 6 nitrogen and oxygen atoms in total. The molecule has 7 heteroatoms. The van der Waals surface area contributed by atoms with Gasteiger partial charge in [0.15, 0.2) is 5.82 Å². The van der Waals surface area contributed by atoms with Gasteiger partial charge in [0.05, 0.1) is 10.2 Å². The molecular weight excluding hydrogens is 248 g/mol. The fourth-order valence-electron chi connectivity index (χ4n) is 1.66. The number of nitrogens with zero attached hydrogens (tertiary/aromatic N) is 4. The van der Waals surface area contributed by atoms with E-state index in [2.05, 4.69) is 10.1 Å². The highest BCUT2D eigenvalue weighted by Gasteiger charge is 2.16. The SMILES string of the molecule is N#Cc1c(N)nn(-c2nc3ccccc3s2)c1N. The topological polar surface area (TPSA) is 107 Å². The zero-order valence-corrected chi connectivity index (χ0v) is 9.98. The summed E-state index contributed by atoms with van der Waals surface area (Å²) in [6, 6.07) is 9.65. The summed E-state index contributed by atoms with van der Waals surface area (Å²) in [7, 11) is 0. The third-order valence-electron chi connectivity index (χ3n) is 2.52. The molecule has 0 fully saturated rings. The van der Waals surface area contributed by atoms with Crippen LogP contribution in [0.3, 0.4) is 0 Å². The molecular formula is C11H8N6S. The predicted molar refractivity (Wildman–Crippen MR) is 70.3 cm³/mol. The van der Waals surface area contributed by atoms with Gasteiger partial charge in [-0.1, -0.05) is 23.5 Å². The number of nitrogen functional groups attached to an aromatic ring is 2. The zero-order chi connectivity index (χ0) is 12.7. The van der Waals surface area contributed by atoms with Gasteiger partial charge >= 0.3 is 0 Å². The smallest absolute Gasteiger partial charge is 0.213 e. The van der Waals surface area contributed by atoms with E-state index in [9.17, 15) is 0 Å². The minimum Gasteiger partial charge on any atom is -0.382 e. The second-order valence-electron chi connectivity index (χ2n) is 3.63. The Morgan fingerprint density at radius 3 is 2.72 bits per heavy atom. The molecule has 3 rings (SSSR count). The molecule has 0 spiro atoms. The van der Waals surface area contributed by atoms with Crippen molar-refractivity contribution < 1.29 is 0 Å². The van der Waals surface area contributed by atoms with Crippen molar-refractivity contribution in [2.75, 3.05) is 11.5 Å². The lowest BCUT2D eigenvalue weighted by atomic mass is 10.3. The third kappa shape index (κ3) is 1.40. The summed E-state index contributed by atoms with van der Waals surface area (Å²) in [6.07, 6.45) is 0. The van der Waals surface area contributed by atoms with Gasteiger partial charge in [0.25, 0.3) is 0 Å². The average molecular weight is 256 g/mol. The number of thiazole rings is 1. The number of anilines is 2. The molecule has 0 aliphatic heterocycles. The van der Waals surface area contributed by atoms with Crippen molar-refractivity contribution >= 4 is 33.2 Å². The molecule has 18 heavy (non-hydrogen) atoms. The number of para-hydroxylation sites is 1. The maximum Gasteiger partial charge on any atom is 0.213 e. The van der Waals surface area contributed by atoms with E-state index in [1.54, 1.807) is 0 Å². The predicted octanol–water partition coefficient (Wildman–Crippen LogP) is 1.52. The highest BCUT2D eigenvalue weighted by Crippen LogP contribution is 2.28. The summed E-state index contributed by atoms with van der Waals surface area (Å²) in [5.41, 5.74) is 12.5. The van der Waals surface area contributed by atoms with E-state index in [-0.39, 0.29) is 17.2 Å². The van der Waals surface area contributed by atoms with Crippen LogP contribution >= 0.6 is 11.3 Å². The van der Waals surface area contributed by atoms with Crippen LogP contribution in [0.15, 0.2) is 24.3 Å². The van der Waals surface area contributed by atoms with Gasteiger partial charge in [0.1, 0.15) is 17.5 Å². The summed E-state index contributed by atoms with van der Waals surface area (Å²) in [5, 5.41) is 13.6. The maximum atomic E-state index is 8.92. The number of rotatable bonds is 1. The first-order valence-corrected chi connectivity index (χ1v) is 5.92. The van der Waals surface area contributed by atoms with Crippen LogP contribution < -0.4 is 11.5 Å². The van der Waals surface area contributed by atoms with Gasteiger partial charge in [0.2, 0.25) is 5.13 Å². The normalized spacial score (nSPS) is 10.6. The van der Waals surface area contributed by atoms with E-state index in [4.69, 9.17) is 16.7 Å². The van der Waals surface area contributed by atoms with Crippen molar-refractivity contribution in [2.24, 2.45) is 0 Å². The Hall–Kier alpha value is -2.59. The number of nitrogens with two attached hydrogens (primary N) is 2. The Morgan fingerprint density at radius 1 is 1.28 bits per heavy atom. The van der Waals surface area contributed by atoms with Gasteiger partial charge in [-0.05, 0) is 12.1 Å². The number of benzene rings is 1. The van der Waals surface area contributed by atoms with Gasteiger partial charge in [-0.15, -0.1) is 5.10 Å². The Bertz CT molecular complexity index is 746. The molecule has 4 N–H and O–H groups in total. The van der Waals surface area contributed by atoms with Gasteiger partial charge in [-0.25, -0.2) is 4.98 Å². The van der Waals surface area contributed by atoms with E-state index >= 15 is 0 Å². The van der Waals surface area contributed by atoms with Crippen molar-refractivity contribution in [3.05, 3.63) is 29.8 Å². The molecule has 0 unspecified atom stereocenters. The van der Waals surface area contributed by atoms with E-state index in [1.807, 2.05) is 30.3 Å². The van der Waals surface area contributed by atoms with Crippen LogP contribution in [0.25, 0.3) is 15.3 Å². The molecule has 88 valence electrons. The number of nitriles is 1. The van der Waals surface area contributed by atoms with E-state index < -0.39 is 0 Å². The minimum absolute atomic E-state index is 0.120. The number of hydrogen-bond donors (Lipinski definition) is 2. The highest BCUT2D eigenvalue weighted by molar-refractivity contribution is 7.20. The number of fused-ring (bicyclic) bond motifs is 1. The van der Waals surface area contributed by atoms with Crippen molar-refractivity contribution in [3.8, 4) is 11.2 Å². The fourth-order valence-corrected chi connectivity index (χ4v) is 2.59. The summed E-state index contributed by atoms with van der Waals surface area (Å²) in [4.78, 5) is 4.41. The Labute approximate surface area is 106 Å². The second kappa shape index (κ2) is 3.72. The lowest BCUT2D eigenvalue weighted by Crippen LogP contribution is -2.01. The summed E-state index contributed by atoms with van der Waals surface area (Å²) >= 11 is 1.44. The van der Waals surface area contributed by atoms with Crippen molar-refractivity contribution in [1.29, 1.82) is 5.26 Å². The van der Waals surface area contributed by atoms with Gasteiger partial charge in [0, 0.05) is 0 Å². The van der Waals surface area contributed by atoms with Crippen LogP contribution in [-0.4, -0.2) is 14.8 Å². The fraction of sp³-hybridized carbons (Fsp3) is 0.